The molecule has 0 radical (unpaired) electrons. The second kappa shape index (κ2) is 6.41. The number of hydrogen-bond donors (Lipinski definition) is 1. The molecule has 1 amide bonds. The second-order valence-corrected chi connectivity index (χ2v) is 5.58. The number of rotatable bonds is 4. The van der Waals surface area contributed by atoms with Gasteiger partial charge in [0.2, 0.25) is 0 Å². The van der Waals surface area contributed by atoms with Crippen LogP contribution in [0.1, 0.15) is 16.2 Å². The van der Waals surface area contributed by atoms with Crippen LogP contribution < -0.4 is 14.8 Å². The first kappa shape index (κ1) is 16.1. The number of ether oxygens (including phenoxy) is 2. The van der Waals surface area contributed by atoms with Crippen LogP contribution in [-0.2, 0) is 0 Å². The Kier molecular flexibility index (Phi) is 4.31. The van der Waals surface area contributed by atoms with Crippen molar-refractivity contribution in [2.75, 3.05) is 19.5 Å². The van der Waals surface area contributed by atoms with Crippen molar-refractivity contribution in [3.8, 4) is 11.5 Å². The van der Waals surface area contributed by atoms with Crippen LogP contribution in [0.4, 0.5) is 5.69 Å². The number of aromatic nitrogens is 2. The number of amides is 1. The molecule has 0 saturated carbocycles. The summed E-state index contributed by atoms with van der Waals surface area (Å²) >= 11 is 6.03. The number of carbonyl (C=O) groups excluding carboxylic acids is 1. The zero-order valence-electron chi connectivity index (χ0n) is 13.5. The molecule has 2 aromatic heterocycles. The van der Waals surface area contributed by atoms with E-state index in [2.05, 4.69) is 10.3 Å². The molecule has 7 heteroatoms. The highest BCUT2D eigenvalue weighted by Crippen LogP contribution is 2.30. The van der Waals surface area contributed by atoms with Gasteiger partial charge >= 0.3 is 0 Å². The number of hydrogen-bond acceptors (Lipinski definition) is 4. The smallest absolute Gasteiger partial charge is 0.274 e. The number of anilines is 1. The van der Waals surface area contributed by atoms with E-state index in [1.807, 2.05) is 0 Å². The highest BCUT2D eigenvalue weighted by atomic mass is 35.5. The van der Waals surface area contributed by atoms with Gasteiger partial charge in [0.25, 0.3) is 5.91 Å². The zero-order valence-corrected chi connectivity index (χ0v) is 14.2. The Morgan fingerprint density at radius 2 is 1.92 bits per heavy atom. The topological polar surface area (TPSA) is 64.9 Å². The third kappa shape index (κ3) is 2.88. The molecule has 0 unspecified atom stereocenters. The lowest BCUT2D eigenvalue weighted by Gasteiger charge is -2.11. The fourth-order valence-corrected chi connectivity index (χ4v) is 2.67. The molecule has 0 spiro atoms. The molecule has 0 aliphatic rings. The lowest BCUT2D eigenvalue weighted by atomic mass is 10.2. The van der Waals surface area contributed by atoms with Crippen molar-refractivity contribution in [1.29, 1.82) is 0 Å². The van der Waals surface area contributed by atoms with Crippen LogP contribution in [0.2, 0.25) is 5.02 Å². The minimum Gasteiger partial charge on any atom is -0.493 e. The molecule has 0 aliphatic heterocycles. The van der Waals surface area contributed by atoms with E-state index in [1.165, 1.54) is 0 Å². The van der Waals surface area contributed by atoms with Gasteiger partial charge in [-0.3, -0.25) is 9.20 Å². The minimum atomic E-state index is -0.283. The molecular formula is C17H16ClN3O3. The summed E-state index contributed by atoms with van der Waals surface area (Å²) < 4.78 is 12.1. The zero-order chi connectivity index (χ0) is 17.3. The number of fused-ring (bicyclic) bond motifs is 1. The number of imidazole rings is 1. The van der Waals surface area contributed by atoms with Crippen molar-refractivity contribution in [2.24, 2.45) is 0 Å². The summed E-state index contributed by atoms with van der Waals surface area (Å²) in [6.07, 6.45) is 1.67. The number of nitrogens with one attached hydrogen (secondary N) is 1. The van der Waals surface area contributed by atoms with Crippen molar-refractivity contribution in [3.05, 3.63) is 52.9 Å². The van der Waals surface area contributed by atoms with Gasteiger partial charge < -0.3 is 14.8 Å². The standard InChI is InChI=1S/C17H16ClN3O3/c1-10-16(21-9-11(18)4-7-15(21)19-10)17(22)20-12-5-6-13(23-2)14(8-12)24-3/h4-9H,1-3H3,(H,20,22). The maximum absolute atomic E-state index is 12.7. The van der Waals surface area contributed by atoms with E-state index in [0.717, 1.165) is 0 Å². The van der Waals surface area contributed by atoms with Gasteiger partial charge in [0.1, 0.15) is 11.3 Å². The first-order valence-corrected chi connectivity index (χ1v) is 7.59. The van der Waals surface area contributed by atoms with Crippen molar-refractivity contribution in [1.82, 2.24) is 9.38 Å². The first-order chi connectivity index (χ1) is 11.5. The molecule has 1 aromatic carbocycles. The SMILES string of the molecule is COc1ccc(NC(=O)c2c(C)nc3ccc(Cl)cn23)cc1OC. The predicted molar refractivity (Wildman–Crippen MR) is 92.4 cm³/mol. The van der Waals surface area contributed by atoms with Crippen molar-refractivity contribution >= 4 is 28.8 Å². The molecule has 0 aliphatic carbocycles. The third-order valence-electron chi connectivity index (χ3n) is 3.61. The Morgan fingerprint density at radius 1 is 1.17 bits per heavy atom. The van der Waals surface area contributed by atoms with Gasteiger partial charge in [-0.25, -0.2) is 4.98 Å². The maximum atomic E-state index is 12.7. The van der Waals surface area contributed by atoms with E-state index >= 15 is 0 Å². The summed E-state index contributed by atoms with van der Waals surface area (Å²) in [5.41, 5.74) is 2.31. The van der Waals surface area contributed by atoms with Crippen LogP contribution in [-0.4, -0.2) is 29.5 Å². The molecule has 3 rings (SSSR count). The Morgan fingerprint density at radius 3 is 2.62 bits per heavy atom. The van der Waals surface area contributed by atoms with E-state index in [1.54, 1.807) is 62.1 Å². The Labute approximate surface area is 144 Å². The molecule has 1 N–H and O–H groups in total. The molecule has 2 heterocycles. The lowest BCUT2D eigenvalue weighted by molar-refractivity contribution is 0.102. The molecule has 3 aromatic rings. The fourth-order valence-electron chi connectivity index (χ4n) is 2.51. The van der Waals surface area contributed by atoms with E-state index in [0.29, 0.717) is 39.2 Å². The largest absolute Gasteiger partial charge is 0.493 e. The molecule has 0 bridgehead atoms. The summed E-state index contributed by atoms with van der Waals surface area (Å²) in [7, 11) is 3.10. The van der Waals surface area contributed by atoms with Crippen LogP contribution in [0.5, 0.6) is 11.5 Å². The summed E-state index contributed by atoms with van der Waals surface area (Å²) in [6.45, 7) is 1.78. The number of pyridine rings is 1. The first-order valence-electron chi connectivity index (χ1n) is 7.21. The van der Waals surface area contributed by atoms with Gasteiger partial charge in [0.05, 0.1) is 24.9 Å². The molecule has 0 fully saturated rings. The summed E-state index contributed by atoms with van der Waals surface area (Å²) in [5.74, 6) is 0.843. The molecule has 124 valence electrons. The molecule has 24 heavy (non-hydrogen) atoms. The van der Waals surface area contributed by atoms with Crippen molar-refractivity contribution in [2.45, 2.75) is 6.92 Å². The second-order valence-electron chi connectivity index (χ2n) is 5.15. The molecule has 6 nitrogen and oxygen atoms in total. The Balaban J connectivity index is 1.96. The van der Waals surface area contributed by atoms with Crippen LogP contribution in [0, 0.1) is 6.92 Å². The van der Waals surface area contributed by atoms with Crippen molar-refractivity contribution < 1.29 is 14.3 Å². The monoisotopic (exact) mass is 345 g/mol. The molecular weight excluding hydrogens is 330 g/mol. The minimum absolute atomic E-state index is 0.283. The predicted octanol–water partition coefficient (Wildman–Crippen LogP) is 3.57. The van der Waals surface area contributed by atoms with Crippen LogP contribution >= 0.6 is 11.6 Å². The van der Waals surface area contributed by atoms with Gasteiger partial charge in [-0.05, 0) is 31.2 Å². The number of carbonyl (C=O) groups is 1. The summed E-state index contributed by atoms with van der Waals surface area (Å²) in [5, 5.41) is 3.37. The van der Waals surface area contributed by atoms with Gasteiger partial charge in [-0.1, -0.05) is 11.6 Å². The van der Waals surface area contributed by atoms with Crippen LogP contribution in [0.3, 0.4) is 0 Å². The highest BCUT2D eigenvalue weighted by Gasteiger charge is 2.17. The maximum Gasteiger partial charge on any atom is 0.274 e. The van der Waals surface area contributed by atoms with E-state index in [4.69, 9.17) is 21.1 Å². The van der Waals surface area contributed by atoms with Gasteiger partial charge in [0, 0.05) is 18.0 Å². The van der Waals surface area contributed by atoms with Gasteiger partial charge in [0.15, 0.2) is 11.5 Å². The number of methoxy groups -OCH3 is 2. The normalized spacial score (nSPS) is 10.7. The molecule has 0 saturated heterocycles. The molecule has 0 atom stereocenters. The van der Waals surface area contributed by atoms with Crippen LogP contribution in [0.15, 0.2) is 36.5 Å². The number of aryl methyl sites for hydroxylation is 1. The van der Waals surface area contributed by atoms with Gasteiger partial charge in [-0.15, -0.1) is 0 Å². The third-order valence-corrected chi connectivity index (χ3v) is 3.84. The van der Waals surface area contributed by atoms with E-state index in [9.17, 15) is 4.79 Å². The van der Waals surface area contributed by atoms with Crippen LogP contribution in [0.25, 0.3) is 5.65 Å². The average Bonchev–Trinajstić information content (AvgIpc) is 2.89. The van der Waals surface area contributed by atoms with Crippen molar-refractivity contribution in [3.63, 3.8) is 0 Å². The Hall–Kier alpha value is -2.73. The number of benzene rings is 1. The highest BCUT2D eigenvalue weighted by molar-refractivity contribution is 6.30. The van der Waals surface area contributed by atoms with E-state index < -0.39 is 0 Å². The fraction of sp³-hybridized carbons (Fsp3) is 0.176. The summed E-state index contributed by atoms with van der Waals surface area (Å²) in [4.78, 5) is 17.1. The quantitative estimate of drug-likeness (QED) is 0.785. The summed E-state index contributed by atoms with van der Waals surface area (Å²) in [6, 6.07) is 8.67. The van der Waals surface area contributed by atoms with E-state index in [-0.39, 0.29) is 5.91 Å². The van der Waals surface area contributed by atoms with Gasteiger partial charge in [-0.2, -0.15) is 0 Å². The lowest BCUT2D eigenvalue weighted by Crippen LogP contribution is -2.15. The Bertz CT molecular complexity index is 921. The number of nitrogens with zero attached hydrogens (tertiary/aromatic N) is 2. The average molecular weight is 346 g/mol. The number of halogens is 1.